The minimum Gasteiger partial charge on any atom is -0.354 e. The Bertz CT molecular complexity index is 433. The van der Waals surface area contributed by atoms with E-state index in [0.29, 0.717) is 19.0 Å². The number of nitrogens with zero attached hydrogens (tertiary/aromatic N) is 1. The highest BCUT2D eigenvalue weighted by Crippen LogP contribution is 2.23. The molecule has 0 spiro atoms. The van der Waals surface area contributed by atoms with Gasteiger partial charge in [0.15, 0.2) is 0 Å². The zero-order valence-electron chi connectivity index (χ0n) is 12.2. The summed E-state index contributed by atoms with van der Waals surface area (Å²) in [5, 5.41) is 5.18. The van der Waals surface area contributed by atoms with E-state index in [1.165, 1.54) is 29.7 Å². The predicted molar refractivity (Wildman–Crippen MR) is 83.8 cm³/mol. The number of hydrogen-bond acceptors (Lipinski definition) is 4. The van der Waals surface area contributed by atoms with Crippen molar-refractivity contribution >= 4 is 17.2 Å². The Morgan fingerprint density at radius 3 is 3.10 bits per heavy atom. The summed E-state index contributed by atoms with van der Waals surface area (Å²) >= 11 is 1.83. The highest BCUT2D eigenvalue weighted by Gasteiger charge is 2.23. The molecule has 3 N–H and O–H groups in total. The summed E-state index contributed by atoms with van der Waals surface area (Å²) in [4.78, 5) is 15.5. The lowest BCUT2D eigenvalue weighted by atomic mass is 10.0. The van der Waals surface area contributed by atoms with E-state index < -0.39 is 0 Å². The first kappa shape index (κ1) is 15.5. The maximum absolute atomic E-state index is 11.6. The van der Waals surface area contributed by atoms with Crippen LogP contribution in [0.3, 0.4) is 0 Å². The molecule has 1 amide bonds. The quantitative estimate of drug-likeness (QED) is 0.842. The number of carbonyl (C=O) groups excluding carboxylic acids is 1. The van der Waals surface area contributed by atoms with Crippen molar-refractivity contribution in [1.82, 2.24) is 10.2 Å². The Morgan fingerprint density at radius 2 is 2.40 bits per heavy atom. The van der Waals surface area contributed by atoms with Gasteiger partial charge in [-0.2, -0.15) is 0 Å². The number of piperidine rings is 1. The van der Waals surface area contributed by atoms with Crippen LogP contribution in [0.4, 0.5) is 0 Å². The van der Waals surface area contributed by atoms with Gasteiger partial charge in [0.05, 0.1) is 0 Å². The number of thiophene rings is 1. The molecule has 1 aliphatic heterocycles. The SMILES string of the molecule is Cc1ccsc1CN1CCCCC1CNC(=O)CCN. The smallest absolute Gasteiger partial charge is 0.221 e. The lowest BCUT2D eigenvalue weighted by molar-refractivity contribution is -0.121. The molecular formula is C15H25N3OS. The maximum Gasteiger partial charge on any atom is 0.221 e. The molecule has 1 atom stereocenters. The Hall–Kier alpha value is -0.910. The van der Waals surface area contributed by atoms with Gasteiger partial charge in [-0.3, -0.25) is 9.69 Å². The molecule has 1 aromatic heterocycles. The summed E-state index contributed by atoms with van der Waals surface area (Å²) in [5.41, 5.74) is 6.78. The molecule has 0 bridgehead atoms. The molecule has 1 saturated heterocycles. The van der Waals surface area contributed by atoms with E-state index in [2.05, 4.69) is 28.6 Å². The van der Waals surface area contributed by atoms with E-state index in [1.807, 2.05) is 11.3 Å². The number of likely N-dealkylation sites (tertiary alicyclic amines) is 1. The average Bonchev–Trinajstić information content (AvgIpc) is 2.84. The van der Waals surface area contributed by atoms with Crippen LogP contribution in [0.1, 0.15) is 36.1 Å². The molecule has 2 rings (SSSR count). The van der Waals surface area contributed by atoms with Gasteiger partial charge < -0.3 is 11.1 Å². The number of carbonyl (C=O) groups is 1. The van der Waals surface area contributed by atoms with Crippen LogP contribution < -0.4 is 11.1 Å². The molecule has 20 heavy (non-hydrogen) atoms. The van der Waals surface area contributed by atoms with Crippen LogP contribution in [0.5, 0.6) is 0 Å². The van der Waals surface area contributed by atoms with Crippen molar-refractivity contribution in [1.29, 1.82) is 0 Å². The molecule has 0 saturated carbocycles. The first-order valence-corrected chi connectivity index (χ1v) is 8.32. The van der Waals surface area contributed by atoms with Crippen molar-refractivity contribution in [2.45, 2.75) is 45.2 Å². The minimum atomic E-state index is 0.0744. The number of rotatable bonds is 6. The Labute approximate surface area is 125 Å². The van der Waals surface area contributed by atoms with Gasteiger partial charge in [-0.25, -0.2) is 0 Å². The van der Waals surface area contributed by atoms with E-state index >= 15 is 0 Å². The van der Waals surface area contributed by atoms with Crippen molar-refractivity contribution in [2.75, 3.05) is 19.6 Å². The molecule has 0 aromatic carbocycles. The third-order valence-corrected chi connectivity index (χ3v) is 4.98. The largest absolute Gasteiger partial charge is 0.354 e. The maximum atomic E-state index is 11.6. The van der Waals surface area contributed by atoms with Gasteiger partial charge >= 0.3 is 0 Å². The zero-order chi connectivity index (χ0) is 14.4. The normalized spacial score (nSPS) is 20.0. The lowest BCUT2D eigenvalue weighted by Crippen LogP contribution is -2.46. The van der Waals surface area contributed by atoms with Gasteiger partial charge in [-0.1, -0.05) is 6.42 Å². The molecule has 1 aromatic rings. The number of hydrogen-bond donors (Lipinski definition) is 2. The van der Waals surface area contributed by atoms with Crippen LogP contribution in [0.2, 0.25) is 0 Å². The Kier molecular flexibility index (Phi) is 6.01. The lowest BCUT2D eigenvalue weighted by Gasteiger charge is -2.35. The number of amides is 1. The van der Waals surface area contributed by atoms with E-state index in [4.69, 9.17) is 5.73 Å². The summed E-state index contributed by atoms with van der Waals surface area (Å²) in [6.07, 6.45) is 4.12. The topological polar surface area (TPSA) is 58.4 Å². The van der Waals surface area contributed by atoms with Gasteiger partial charge in [-0.05, 0) is 43.3 Å². The number of aryl methyl sites for hydroxylation is 1. The predicted octanol–water partition coefficient (Wildman–Crippen LogP) is 1.88. The van der Waals surface area contributed by atoms with Gasteiger partial charge in [0.25, 0.3) is 0 Å². The fourth-order valence-electron chi connectivity index (χ4n) is 2.70. The van der Waals surface area contributed by atoms with Gasteiger partial charge in [0.2, 0.25) is 5.91 Å². The second kappa shape index (κ2) is 7.76. The van der Waals surface area contributed by atoms with Crippen LogP contribution in [0, 0.1) is 6.92 Å². The Balaban J connectivity index is 1.88. The summed E-state index contributed by atoms with van der Waals surface area (Å²) in [6.45, 7) is 5.50. The van der Waals surface area contributed by atoms with E-state index in [-0.39, 0.29) is 5.91 Å². The average molecular weight is 295 g/mol. The summed E-state index contributed by atoms with van der Waals surface area (Å²) in [6, 6.07) is 2.65. The van der Waals surface area contributed by atoms with Crippen molar-refractivity contribution < 1.29 is 4.79 Å². The van der Waals surface area contributed by atoms with Crippen LogP contribution >= 0.6 is 11.3 Å². The van der Waals surface area contributed by atoms with Crippen molar-refractivity contribution in [2.24, 2.45) is 5.73 Å². The second-order valence-corrected chi connectivity index (χ2v) is 6.49. The van der Waals surface area contributed by atoms with Gasteiger partial charge in [-0.15, -0.1) is 11.3 Å². The first-order chi connectivity index (χ1) is 9.70. The molecule has 5 heteroatoms. The third kappa shape index (κ3) is 4.30. The van der Waals surface area contributed by atoms with Crippen molar-refractivity contribution in [3.8, 4) is 0 Å². The number of nitrogens with one attached hydrogen (secondary N) is 1. The first-order valence-electron chi connectivity index (χ1n) is 7.44. The second-order valence-electron chi connectivity index (χ2n) is 5.49. The molecular weight excluding hydrogens is 270 g/mol. The summed E-state index contributed by atoms with van der Waals surface area (Å²) in [7, 11) is 0. The summed E-state index contributed by atoms with van der Waals surface area (Å²) in [5.74, 6) is 0.0744. The summed E-state index contributed by atoms with van der Waals surface area (Å²) < 4.78 is 0. The fourth-order valence-corrected chi connectivity index (χ4v) is 3.63. The van der Waals surface area contributed by atoms with E-state index in [0.717, 1.165) is 19.6 Å². The molecule has 1 unspecified atom stereocenters. The molecule has 1 aliphatic rings. The standard InChI is InChI=1S/C15H25N3OS/c1-12-6-9-20-14(12)11-18-8-3-2-4-13(18)10-17-15(19)5-7-16/h6,9,13H,2-5,7-8,10-11,16H2,1H3,(H,17,19). The molecule has 4 nitrogen and oxygen atoms in total. The Morgan fingerprint density at radius 1 is 1.55 bits per heavy atom. The minimum absolute atomic E-state index is 0.0744. The van der Waals surface area contributed by atoms with Crippen LogP contribution in [0.25, 0.3) is 0 Å². The zero-order valence-corrected chi connectivity index (χ0v) is 13.0. The molecule has 1 fully saturated rings. The fraction of sp³-hybridized carbons (Fsp3) is 0.667. The molecule has 0 radical (unpaired) electrons. The van der Waals surface area contributed by atoms with E-state index in [1.54, 1.807) is 0 Å². The van der Waals surface area contributed by atoms with Crippen LogP contribution in [0.15, 0.2) is 11.4 Å². The van der Waals surface area contributed by atoms with Crippen LogP contribution in [-0.4, -0.2) is 36.5 Å². The van der Waals surface area contributed by atoms with Crippen LogP contribution in [-0.2, 0) is 11.3 Å². The highest BCUT2D eigenvalue weighted by atomic mass is 32.1. The van der Waals surface area contributed by atoms with Gasteiger partial charge in [0, 0.05) is 37.0 Å². The van der Waals surface area contributed by atoms with E-state index in [9.17, 15) is 4.79 Å². The number of nitrogens with two attached hydrogens (primary N) is 1. The third-order valence-electron chi connectivity index (χ3n) is 3.97. The molecule has 112 valence electrons. The van der Waals surface area contributed by atoms with Crippen molar-refractivity contribution in [3.63, 3.8) is 0 Å². The monoisotopic (exact) mass is 295 g/mol. The van der Waals surface area contributed by atoms with Crippen molar-refractivity contribution in [3.05, 3.63) is 21.9 Å². The molecule has 0 aliphatic carbocycles. The van der Waals surface area contributed by atoms with Gasteiger partial charge in [0.1, 0.15) is 0 Å². The molecule has 2 heterocycles. The highest BCUT2D eigenvalue weighted by molar-refractivity contribution is 7.10.